The Hall–Kier alpha value is -3.00. The Labute approximate surface area is 156 Å². The highest BCUT2D eigenvalue weighted by atomic mass is 15.0. The molecular weight excluding hydrogens is 316 g/mol. The predicted octanol–water partition coefficient (Wildman–Crippen LogP) is 5.85. The van der Waals surface area contributed by atoms with E-state index in [1.807, 2.05) is 12.4 Å². The molecule has 0 aliphatic carbocycles. The zero-order chi connectivity index (χ0) is 18.4. The molecule has 0 radical (unpaired) electrons. The fourth-order valence-electron chi connectivity index (χ4n) is 2.57. The molecule has 3 aromatic carbocycles. The van der Waals surface area contributed by atoms with Crippen LogP contribution in [0.5, 0.6) is 0 Å². The molecule has 0 unspecified atom stereocenters. The second-order valence-electron chi connectivity index (χ2n) is 6.66. The summed E-state index contributed by atoms with van der Waals surface area (Å²) in [6.45, 7) is 6.26. The van der Waals surface area contributed by atoms with Gasteiger partial charge in [0.05, 0.1) is 0 Å². The highest BCUT2D eigenvalue weighted by Crippen LogP contribution is 2.20. The van der Waals surface area contributed by atoms with E-state index in [2.05, 4.69) is 93.6 Å². The summed E-state index contributed by atoms with van der Waals surface area (Å²) in [5.41, 5.74) is 6.97. The van der Waals surface area contributed by atoms with E-state index in [1.165, 1.54) is 16.7 Å². The second-order valence-corrected chi connectivity index (χ2v) is 6.66. The molecule has 3 aromatic rings. The van der Waals surface area contributed by atoms with Crippen LogP contribution in [0.15, 0.2) is 82.8 Å². The first kappa shape index (κ1) is 17.8. The Morgan fingerprint density at radius 3 is 1.27 bits per heavy atom. The van der Waals surface area contributed by atoms with Crippen molar-refractivity contribution in [1.82, 2.24) is 0 Å². The molecule has 0 aromatic heterocycles. The van der Waals surface area contributed by atoms with Crippen molar-refractivity contribution in [3.63, 3.8) is 0 Å². The zero-order valence-electron chi connectivity index (χ0n) is 15.6. The quantitative estimate of drug-likeness (QED) is 0.521. The monoisotopic (exact) mass is 340 g/mol. The summed E-state index contributed by atoms with van der Waals surface area (Å²) in [5.74, 6) is 0. The van der Waals surface area contributed by atoms with E-state index in [-0.39, 0.29) is 6.17 Å². The van der Waals surface area contributed by atoms with Gasteiger partial charge in [-0.1, -0.05) is 89.5 Å². The molecule has 0 heterocycles. The summed E-state index contributed by atoms with van der Waals surface area (Å²) in [7, 11) is 0. The van der Waals surface area contributed by atoms with Gasteiger partial charge in [0.2, 0.25) is 0 Å². The summed E-state index contributed by atoms with van der Waals surface area (Å²) in [5, 5.41) is 0. The van der Waals surface area contributed by atoms with Gasteiger partial charge in [-0.3, -0.25) is 9.98 Å². The maximum absolute atomic E-state index is 4.73. The molecule has 0 aliphatic rings. The van der Waals surface area contributed by atoms with Gasteiger partial charge in [0.1, 0.15) is 0 Å². The molecule has 0 fully saturated rings. The molecule has 3 rings (SSSR count). The van der Waals surface area contributed by atoms with Gasteiger partial charge in [-0.25, -0.2) is 0 Å². The number of benzene rings is 3. The minimum atomic E-state index is -0.252. The third-order valence-electron chi connectivity index (χ3n) is 4.26. The number of hydrogen-bond acceptors (Lipinski definition) is 2. The van der Waals surface area contributed by atoms with Crippen molar-refractivity contribution in [3.05, 3.63) is 106 Å². The van der Waals surface area contributed by atoms with E-state index in [4.69, 9.17) is 9.98 Å². The van der Waals surface area contributed by atoms with Crippen LogP contribution in [0.1, 0.15) is 39.5 Å². The first-order chi connectivity index (χ1) is 12.6. The Morgan fingerprint density at radius 2 is 0.885 bits per heavy atom. The van der Waals surface area contributed by atoms with Gasteiger partial charge in [-0.05, 0) is 37.5 Å². The Balaban J connectivity index is 1.86. The Kier molecular flexibility index (Phi) is 5.75. The van der Waals surface area contributed by atoms with E-state index < -0.39 is 0 Å². The molecule has 0 spiro atoms. The molecule has 0 bridgehead atoms. The maximum atomic E-state index is 4.73. The molecule has 0 aliphatic heterocycles. The molecule has 0 N–H and O–H groups in total. The van der Waals surface area contributed by atoms with Gasteiger partial charge in [0.25, 0.3) is 0 Å². The molecule has 2 nitrogen and oxygen atoms in total. The lowest BCUT2D eigenvalue weighted by atomic mass is 10.1. The van der Waals surface area contributed by atoms with Crippen LogP contribution in [-0.4, -0.2) is 12.4 Å². The summed E-state index contributed by atoms with van der Waals surface area (Å²) in [4.78, 5) is 9.47. The third-order valence-corrected chi connectivity index (χ3v) is 4.26. The van der Waals surface area contributed by atoms with E-state index in [9.17, 15) is 0 Å². The molecule has 130 valence electrons. The van der Waals surface area contributed by atoms with Crippen LogP contribution in [0, 0.1) is 20.8 Å². The first-order valence-corrected chi connectivity index (χ1v) is 8.86. The van der Waals surface area contributed by atoms with Gasteiger partial charge in [0, 0.05) is 12.4 Å². The van der Waals surface area contributed by atoms with Gasteiger partial charge in [0.15, 0.2) is 6.17 Å². The van der Waals surface area contributed by atoms with Crippen LogP contribution < -0.4 is 0 Å². The molecule has 26 heavy (non-hydrogen) atoms. The Morgan fingerprint density at radius 1 is 0.538 bits per heavy atom. The minimum Gasteiger partial charge on any atom is -0.261 e. The van der Waals surface area contributed by atoms with Crippen molar-refractivity contribution in [2.45, 2.75) is 26.9 Å². The van der Waals surface area contributed by atoms with Crippen LogP contribution in [0.25, 0.3) is 0 Å². The standard InChI is InChI=1S/C24H24N2/c1-18-4-10-21(11-5-18)16-25-24(23-14-8-20(3)9-15-23)26-17-22-12-6-19(2)7-13-22/h4-17,24H,1-3H3/b25-16+,26-17+. The first-order valence-electron chi connectivity index (χ1n) is 8.86. The average molecular weight is 340 g/mol. The average Bonchev–Trinajstić information content (AvgIpc) is 2.65. The lowest BCUT2D eigenvalue weighted by molar-refractivity contribution is 0.787. The summed E-state index contributed by atoms with van der Waals surface area (Å²) in [6.07, 6.45) is 3.55. The number of rotatable bonds is 5. The molecule has 0 saturated carbocycles. The fourth-order valence-corrected chi connectivity index (χ4v) is 2.57. The largest absolute Gasteiger partial charge is 0.261 e. The number of aryl methyl sites for hydroxylation is 3. The predicted molar refractivity (Wildman–Crippen MR) is 111 cm³/mol. The van der Waals surface area contributed by atoms with Crippen molar-refractivity contribution >= 4 is 12.4 Å². The fraction of sp³-hybridized carbons (Fsp3) is 0.167. The third kappa shape index (κ3) is 5.00. The van der Waals surface area contributed by atoms with Crippen molar-refractivity contribution in [3.8, 4) is 0 Å². The van der Waals surface area contributed by atoms with Crippen molar-refractivity contribution < 1.29 is 0 Å². The maximum Gasteiger partial charge on any atom is 0.165 e. The van der Waals surface area contributed by atoms with E-state index in [0.717, 1.165) is 16.7 Å². The normalized spacial score (nSPS) is 11.7. The highest BCUT2D eigenvalue weighted by molar-refractivity contribution is 5.81. The summed E-state index contributed by atoms with van der Waals surface area (Å²) < 4.78 is 0. The zero-order valence-corrected chi connectivity index (χ0v) is 15.6. The number of aliphatic imine (C=N–C) groups is 2. The number of nitrogens with zero attached hydrogens (tertiary/aromatic N) is 2. The van der Waals surface area contributed by atoms with Crippen molar-refractivity contribution in [1.29, 1.82) is 0 Å². The van der Waals surface area contributed by atoms with Crippen LogP contribution in [0.4, 0.5) is 0 Å². The van der Waals surface area contributed by atoms with Gasteiger partial charge < -0.3 is 0 Å². The van der Waals surface area contributed by atoms with Crippen molar-refractivity contribution in [2.75, 3.05) is 0 Å². The topological polar surface area (TPSA) is 24.7 Å². The van der Waals surface area contributed by atoms with Crippen LogP contribution >= 0.6 is 0 Å². The molecular formula is C24H24N2. The lowest BCUT2D eigenvalue weighted by Crippen LogP contribution is -1.95. The van der Waals surface area contributed by atoms with Crippen LogP contribution in [0.3, 0.4) is 0 Å². The van der Waals surface area contributed by atoms with Gasteiger partial charge in [-0.2, -0.15) is 0 Å². The van der Waals surface area contributed by atoms with Gasteiger partial charge in [-0.15, -0.1) is 0 Å². The summed E-state index contributed by atoms with van der Waals surface area (Å²) in [6, 6.07) is 25.1. The van der Waals surface area contributed by atoms with E-state index in [1.54, 1.807) is 0 Å². The lowest BCUT2D eigenvalue weighted by Gasteiger charge is -2.09. The number of hydrogen-bond donors (Lipinski definition) is 0. The van der Waals surface area contributed by atoms with Crippen LogP contribution in [0.2, 0.25) is 0 Å². The van der Waals surface area contributed by atoms with Crippen LogP contribution in [-0.2, 0) is 0 Å². The van der Waals surface area contributed by atoms with Crippen molar-refractivity contribution in [2.24, 2.45) is 9.98 Å². The van der Waals surface area contributed by atoms with Gasteiger partial charge >= 0.3 is 0 Å². The highest BCUT2D eigenvalue weighted by Gasteiger charge is 2.06. The Bertz CT molecular complexity index is 831. The molecule has 0 saturated heterocycles. The smallest absolute Gasteiger partial charge is 0.165 e. The minimum absolute atomic E-state index is 0.252. The summed E-state index contributed by atoms with van der Waals surface area (Å²) >= 11 is 0. The second kappa shape index (κ2) is 8.39. The molecule has 0 atom stereocenters. The van der Waals surface area contributed by atoms with E-state index >= 15 is 0 Å². The molecule has 2 heteroatoms. The van der Waals surface area contributed by atoms with E-state index in [0.29, 0.717) is 0 Å². The SMILES string of the molecule is Cc1ccc(/C=N/C(/N=C/c2ccc(C)cc2)c2ccc(C)cc2)cc1. The molecule has 0 amide bonds.